The van der Waals surface area contributed by atoms with Gasteiger partial charge in [0.25, 0.3) is 0 Å². The minimum atomic E-state index is 0.727. The molecule has 3 heteroatoms. The van der Waals surface area contributed by atoms with Crippen LogP contribution in [0.5, 0.6) is 0 Å². The number of rotatable bonds is 2. The maximum absolute atomic E-state index is 5.93. The van der Waals surface area contributed by atoms with E-state index in [1.54, 1.807) is 0 Å². The van der Waals surface area contributed by atoms with Crippen molar-refractivity contribution in [2.24, 2.45) is 0 Å². The average Bonchev–Trinajstić information content (AvgIpc) is 2.42. The quantitative estimate of drug-likeness (QED) is 0.668. The predicted octanol–water partition coefficient (Wildman–Crippen LogP) is 3.56. The number of nitrogens with one attached hydrogen (secondary N) is 1. The molecule has 0 saturated heterocycles. The number of para-hydroxylation sites is 2. The van der Waals surface area contributed by atoms with Crippen LogP contribution in [0.25, 0.3) is 10.8 Å². The van der Waals surface area contributed by atoms with Crippen molar-refractivity contribution in [2.75, 3.05) is 11.1 Å². The average molecular weight is 235 g/mol. The molecule has 1 aromatic heterocycles. The Morgan fingerprint density at radius 1 is 0.833 bits per heavy atom. The monoisotopic (exact) mass is 235 g/mol. The first kappa shape index (κ1) is 10.6. The molecule has 3 aromatic rings. The Balaban J connectivity index is 2.08. The summed E-state index contributed by atoms with van der Waals surface area (Å²) in [4.78, 5) is 4.24. The number of hydrogen-bond acceptors (Lipinski definition) is 3. The van der Waals surface area contributed by atoms with Gasteiger partial charge in [0.05, 0.1) is 23.3 Å². The van der Waals surface area contributed by atoms with Crippen molar-refractivity contribution < 1.29 is 0 Å². The van der Waals surface area contributed by atoms with Crippen molar-refractivity contribution in [3.05, 3.63) is 60.9 Å². The fraction of sp³-hybridized carbons (Fsp3) is 0. The number of nitrogen functional groups attached to an aromatic ring is 1. The van der Waals surface area contributed by atoms with Gasteiger partial charge in [-0.1, -0.05) is 36.4 Å². The Morgan fingerprint density at radius 2 is 1.61 bits per heavy atom. The van der Waals surface area contributed by atoms with E-state index in [1.165, 1.54) is 0 Å². The van der Waals surface area contributed by atoms with E-state index in [4.69, 9.17) is 5.73 Å². The summed E-state index contributed by atoms with van der Waals surface area (Å²) in [5, 5.41) is 5.57. The number of aromatic nitrogens is 1. The Kier molecular flexibility index (Phi) is 2.57. The molecule has 0 amide bonds. The molecule has 3 rings (SSSR count). The highest BCUT2D eigenvalue weighted by atomic mass is 14.9. The van der Waals surface area contributed by atoms with Gasteiger partial charge in [-0.25, -0.2) is 0 Å². The molecule has 2 aromatic carbocycles. The molecule has 0 saturated carbocycles. The lowest BCUT2D eigenvalue weighted by molar-refractivity contribution is 1.35. The van der Waals surface area contributed by atoms with Gasteiger partial charge in [0, 0.05) is 17.0 Å². The predicted molar refractivity (Wildman–Crippen MR) is 75.9 cm³/mol. The normalized spacial score (nSPS) is 10.4. The Hall–Kier alpha value is -2.55. The van der Waals surface area contributed by atoms with E-state index in [2.05, 4.69) is 16.4 Å². The maximum Gasteiger partial charge on any atom is 0.0650 e. The minimum absolute atomic E-state index is 0.727. The number of hydrogen-bond donors (Lipinski definition) is 2. The SMILES string of the molecule is Nc1ccccc1Nc1cncc2ccccc12. The summed E-state index contributed by atoms with van der Waals surface area (Å²) in [7, 11) is 0. The number of pyridine rings is 1. The van der Waals surface area contributed by atoms with E-state index in [1.807, 2.05) is 54.9 Å². The zero-order chi connectivity index (χ0) is 12.4. The summed E-state index contributed by atoms with van der Waals surface area (Å²) in [6, 6.07) is 15.8. The van der Waals surface area contributed by atoms with Gasteiger partial charge in [-0.05, 0) is 12.1 Å². The van der Waals surface area contributed by atoms with Crippen molar-refractivity contribution >= 4 is 27.8 Å². The van der Waals surface area contributed by atoms with Gasteiger partial charge in [0.2, 0.25) is 0 Å². The lowest BCUT2D eigenvalue weighted by atomic mass is 10.1. The number of benzene rings is 2. The van der Waals surface area contributed by atoms with Gasteiger partial charge in [-0.15, -0.1) is 0 Å². The van der Waals surface area contributed by atoms with Crippen LogP contribution in [0.1, 0.15) is 0 Å². The summed E-state index contributed by atoms with van der Waals surface area (Å²) in [5.74, 6) is 0. The lowest BCUT2D eigenvalue weighted by Gasteiger charge is -2.11. The first-order valence-corrected chi connectivity index (χ1v) is 5.79. The molecule has 0 fully saturated rings. The van der Waals surface area contributed by atoms with E-state index >= 15 is 0 Å². The van der Waals surface area contributed by atoms with Gasteiger partial charge in [-0.3, -0.25) is 4.98 Å². The van der Waals surface area contributed by atoms with Crippen LogP contribution in [0.4, 0.5) is 17.1 Å². The third kappa shape index (κ3) is 1.86. The molecule has 0 aliphatic rings. The van der Waals surface area contributed by atoms with Crippen LogP contribution in [0.2, 0.25) is 0 Å². The maximum atomic E-state index is 5.93. The fourth-order valence-corrected chi connectivity index (χ4v) is 1.97. The summed E-state index contributed by atoms with van der Waals surface area (Å²) < 4.78 is 0. The Labute approximate surface area is 105 Å². The molecule has 0 bridgehead atoms. The van der Waals surface area contributed by atoms with Gasteiger partial charge in [-0.2, -0.15) is 0 Å². The van der Waals surface area contributed by atoms with Crippen LogP contribution in [0, 0.1) is 0 Å². The largest absolute Gasteiger partial charge is 0.397 e. The van der Waals surface area contributed by atoms with Crippen molar-refractivity contribution in [1.82, 2.24) is 4.98 Å². The minimum Gasteiger partial charge on any atom is -0.397 e. The van der Waals surface area contributed by atoms with Crippen LogP contribution in [0.3, 0.4) is 0 Å². The van der Waals surface area contributed by atoms with E-state index in [-0.39, 0.29) is 0 Å². The van der Waals surface area contributed by atoms with Crippen molar-refractivity contribution in [2.45, 2.75) is 0 Å². The van der Waals surface area contributed by atoms with Gasteiger partial charge in [0.15, 0.2) is 0 Å². The second-order valence-electron chi connectivity index (χ2n) is 4.12. The molecular formula is C15H13N3. The Bertz CT molecular complexity index is 687. The molecule has 3 N–H and O–H groups in total. The van der Waals surface area contributed by atoms with Crippen LogP contribution in [0.15, 0.2) is 60.9 Å². The van der Waals surface area contributed by atoms with Crippen LogP contribution in [-0.2, 0) is 0 Å². The Morgan fingerprint density at radius 3 is 2.50 bits per heavy atom. The summed E-state index contributed by atoms with van der Waals surface area (Å²) in [6.07, 6.45) is 3.67. The molecule has 0 aliphatic carbocycles. The number of fused-ring (bicyclic) bond motifs is 1. The van der Waals surface area contributed by atoms with E-state index < -0.39 is 0 Å². The van der Waals surface area contributed by atoms with Crippen LogP contribution < -0.4 is 11.1 Å². The van der Waals surface area contributed by atoms with Crippen LogP contribution in [-0.4, -0.2) is 4.98 Å². The van der Waals surface area contributed by atoms with E-state index in [9.17, 15) is 0 Å². The number of nitrogens with zero attached hydrogens (tertiary/aromatic N) is 1. The topological polar surface area (TPSA) is 50.9 Å². The number of anilines is 3. The third-order valence-corrected chi connectivity index (χ3v) is 2.90. The first-order chi connectivity index (χ1) is 8.84. The molecular weight excluding hydrogens is 222 g/mol. The molecule has 0 radical (unpaired) electrons. The molecule has 0 unspecified atom stereocenters. The van der Waals surface area contributed by atoms with Gasteiger partial charge >= 0.3 is 0 Å². The lowest BCUT2D eigenvalue weighted by Crippen LogP contribution is -1.96. The zero-order valence-electron chi connectivity index (χ0n) is 9.80. The standard InChI is InChI=1S/C15H13N3/c16-13-7-3-4-8-14(13)18-15-10-17-9-11-5-1-2-6-12(11)15/h1-10,18H,16H2. The fourth-order valence-electron chi connectivity index (χ4n) is 1.97. The van der Waals surface area contributed by atoms with E-state index in [0.717, 1.165) is 27.8 Å². The molecule has 0 atom stereocenters. The zero-order valence-corrected chi connectivity index (χ0v) is 9.80. The molecule has 88 valence electrons. The highest BCUT2D eigenvalue weighted by Gasteiger charge is 2.03. The van der Waals surface area contributed by atoms with E-state index in [0.29, 0.717) is 0 Å². The molecule has 1 heterocycles. The highest BCUT2D eigenvalue weighted by Crippen LogP contribution is 2.27. The van der Waals surface area contributed by atoms with Gasteiger partial charge in [0.1, 0.15) is 0 Å². The molecule has 3 nitrogen and oxygen atoms in total. The molecule has 0 aliphatic heterocycles. The second kappa shape index (κ2) is 4.37. The van der Waals surface area contributed by atoms with Crippen molar-refractivity contribution in [3.8, 4) is 0 Å². The second-order valence-corrected chi connectivity index (χ2v) is 4.12. The first-order valence-electron chi connectivity index (χ1n) is 5.79. The summed E-state index contributed by atoms with van der Waals surface area (Å²) >= 11 is 0. The smallest absolute Gasteiger partial charge is 0.0650 e. The van der Waals surface area contributed by atoms with Gasteiger partial charge < -0.3 is 11.1 Å². The number of nitrogens with two attached hydrogens (primary N) is 1. The van der Waals surface area contributed by atoms with Crippen LogP contribution >= 0.6 is 0 Å². The van der Waals surface area contributed by atoms with Crippen molar-refractivity contribution in [3.63, 3.8) is 0 Å². The highest BCUT2D eigenvalue weighted by molar-refractivity contribution is 5.95. The third-order valence-electron chi connectivity index (χ3n) is 2.90. The summed E-state index contributed by atoms with van der Waals surface area (Å²) in [6.45, 7) is 0. The molecule has 0 spiro atoms. The molecule has 18 heavy (non-hydrogen) atoms. The summed E-state index contributed by atoms with van der Waals surface area (Å²) in [5.41, 5.74) is 8.52. The van der Waals surface area contributed by atoms with Crippen molar-refractivity contribution in [1.29, 1.82) is 0 Å².